The number of hydrogen-bond acceptors (Lipinski definition) is 9. The molecule has 1 aromatic rings. The molecule has 9 heteroatoms. The minimum atomic E-state index is -1.24. The number of epoxide rings is 1. The quantitative estimate of drug-likeness (QED) is 0.405. The molecule has 1 aromatic heterocycles. The molecule has 0 aromatic carbocycles. The predicted molar refractivity (Wildman–Crippen MR) is 139 cm³/mol. The SMILES string of the molecule is CC(=Cc1csc(CN)n1)[C@@H]1CC2O[C@]2(C)CCC[C@H](C)[C@H](O)[C@@H](C)C(=O)C(C)(C)[C@@H](O)CC(=O)O1. The monoisotopic (exact) mass is 522 g/mol. The van der Waals surface area contributed by atoms with E-state index in [2.05, 4.69) is 11.9 Å². The number of nitrogens with zero attached hydrogens (tertiary/aromatic N) is 1. The van der Waals surface area contributed by atoms with Gasteiger partial charge in [0, 0.05) is 24.3 Å². The Hall–Kier alpha value is -1.65. The van der Waals surface area contributed by atoms with Gasteiger partial charge in [-0.15, -0.1) is 11.3 Å². The fourth-order valence-electron chi connectivity index (χ4n) is 5.11. The maximum Gasteiger partial charge on any atom is 0.309 e. The molecule has 0 saturated carbocycles. The number of thiazole rings is 1. The maximum absolute atomic E-state index is 13.2. The van der Waals surface area contributed by atoms with Crippen molar-refractivity contribution in [1.29, 1.82) is 0 Å². The van der Waals surface area contributed by atoms with Crippen LogP contribution < -0.4 is 5.73 Å². The minimum absolute atomic E-state index is 0.0660. The highest BCUT2D eigenvalue weighted by Gasteiger charge is 2.53. The number of aromatic nitrogens is 1. The van der Waals surface area contributed by atoms with Gasteiger partial charge in [0.15, 0.2) is 0 Å². The number of aliphatic hydroxyl groups excluding tert-OH is 2. The number of Topliss-reactive ketones (excluding diaryl/α,β-unsaturated/α-hetero) is 1. The molecule has 3 rings (SSSR count). The Balaban J connectivity index is 1.85. The zero-order chi connectivity index (χ0) is 26.8. The van der Waals surface area contributed by atoms with Gasteiger partial charge in [0.05, 0.1) is 41.4 Å². The Morgan fingerprint density at radius 2 is 1.97 bits per heavy atom. The third-order valence-corrected chi connectivity index (χ3v) is 8.92. The molecule has 0 bridgehead atoms. The number of aliphatic hydroxyl groups is 2. The molecule has 7 atom stereocenters. The first-order valence-electron chi connectivity index (χ1n) is 12.9. The smallest absolute Gasteiger partial charge is 0.309 e. The summed E-state index contributed by atoms with van der Waals surface area (Å²) in [7, 11) is 0. The lowest BCUT2D eigenvalue weighted by Crippen LogP contribution is -2.45. The van der Waals surface area contributed by atoms with Crippen LogP contribution in [-0.4, -0.2) is 57.0 Å². The van der Waals surface area contributed by atoms with Crippen molar-refractivity contribution in [3.63, 3.8) is 0 Å². The number of rotatable bonds is 3. The molecule has 3 heterocycles. The van der Waals surface area contributed by atoms with Gasteiger partial charge >= 0.3 is 5.97 Å². The molecular formula is C27H42N2O6S. The van der Waals surface area contributed by atoms with Gasteiger partial charge in [0.25, 0.3) is 0 Å². The molecule has 0 spiro atoms. The number of carbonyl (C=O) groups excluding carboxylic acids is 2. The summed E-state index contributed by atoms with van der Waals surface area (Å²) in [6.45, 7) is 11.2. The summed E-state index contributed by atoms with van der Waals surface area (Å²) in [6.07, 6.45) is 1.80. The number of nitrogens with two attached hydrogens (primary N) is 1. The van der Waals surface area contributed by atoms with E-state index in [9.17, 15) is 19.8 Å². The standard InChI is InChI=1S/C27H42N2O6S/c1-15-8-7-9-27(6)21(35-27)11-19(16(2)10-18-14-36-22(13-28)29-18)34-23(31)12-20(30)26(4,5)25(33)17(3)24(15)32/h10,14-15,17,19-21,24,30,32H,7-9,11-13,28H2,1-6H3/t15-,17+,19-,20-,21?,24-,27+/m0/s1. The van der Waals surface area contributed by atoms with Gasteiger partial charge in [-0.2, -0.15) is 0 Å². The van der Waals surface area contributed by atoms with Crippen LogP contribution in [0.4, 0.5) is 0 Å². The zero-order valence-corrected chi connectivity index (χ0v) is 23.1. The fourth-order valence-corrected chi connectivity index (χ4v) is 5.74. The molecule has 36 heavy (non-hydrogen) atoms. The summed E-state index contributed by atoms with van der Waals surface area (Å²) in [6, 6.07) is 0. The van der Waals surface area contributed by atoms with E-state index in [4.69, 9.17) is 15.2 Å². The second-order valence-electron chi connectivity index (χ2n) is 11.3. The highest BCUT2D eigenvalue weighted by atomic mass is 32.1. The molecule has 2 saturated heterocycles. The number of cyclic esters (lactones) is 1. The predicted octanol–water partition coefficient (Wildman–Crippen LogP) is 3.63. The summed E-state index contributed by atoms with van der Waals surface area (Å²) >= 11 is 1.48. The number of hydrogen-bond donors (Lipinski definition) is 3. The molecule has 202 valence electrons. The molecule has 0 aliphatic carbocycles. The van der Waals surface area contributed by atoms with Gasteiger partial charge in [0.2, 0.25) is 0 Å². The molecule has 0 radical (unpaired) electrons. The summed E-state index contributed by atoms with van der Waals surface area (Å²) in [5.74, 6) is -1.59. The number of ketones is 1. The van der Waals surface area contributed by atoms with Crippen LogP contribution in [-0.2, 0) is 25.6 Å². The van der Waals surface area contributed by atoms with Gasteiger partial charge < -0.3 is 25.4 Å². The summed E-state index contributed by atoms with van der Waals surface area (Å²) in [4.78, 5) is 30.7. The second kappa shape index (κ2) is 11.4. The van der Waals surface area contributed by atoms with Crippen LogP contribution in [0.15, 0.2) is 11.0 Å². The second-order valence-corrected chi connectivity index (χ2v) is 12.3. The maximum atomic E-state index is 13.2. The Kier molecular flexibility index (Phi) is 9.15. The first-order chi connectivity index (χ1) is 16.8. The fraction of sp³-hybridized carbons (Fsp3) is 0.741. The van der Waals surface area contributed by atoms with E-state index in [0.717, 1.165) is 35.5 Å². The number of carbonyl (C=O) groups is 2. The Bertz CT molecular complexity index is 975. The van der Waals surface area contributed by atoms with Crippen molar-refractivity contribution >= 4 is 29.2 Å². The van der Waals surface area contributed by atoms with Crippen LogP contribution in [0.3, 0.4) is 0 Å². The molecule has 1 unspecified atom stereocenters. The van der Waals surface area contributed by atoms with Crippen LogP contribution >= 0.6 is 11.3 Å². The molecule has 2 aliphatic heterocycles. The van der Waals surface area contributed by atoms with E-state index in [1.807, 2.05) is 25.3 Å². The van der Waals surface area contributed by atoms with Crippen LogP contribution in [0.5, 0.6) is 0 Å². The zero-order valence-electron chi connectivity index (χ0n) is 22.3. The number of ether oxygens (including phenoxy) is 2. The van der Waals surface area contributed by atoms with Crippen molar-refractivity contribution in [2.75, 3.05) is 0 Å². The molecule has 0 amide bonds. The van der Waals surface area contributed by atoms with E-state index in [-0.39, 0.29) is 29.8 Å². The van der Waals surface area contributed by atoms with Gasteiger partial charge in [-0.1, -0.05) is 34.1 Å². The van der Waals surface area contributed by atoms with Gasteiger partial charge in [-0.25, -0.2) is 4.98 Å². The van der Waals surface area contributed by atoms with Gasteiger partial charge in [-0.05, 0) is 44.3 Å². The van der Waals surface area contributed by atoms with E-state index in [1.54, 1.807) is 20.8 Å². The Labute approximate surface area is 218 Å². The van der Waals surface area contributed by atoms with Crippen molar-refractivity contribution in [2.24, 2.45) is 23.0 Å². The lowest BCUT2D eigenvalue weighted by Gasteiger charge is -2.34. The average Bonchev–Trinajstić information content (AvgIpc) is 3.23. The van der Waals surface area contributed by atoms with Crippen molar-refractivity contribution in [3.05, 3.63) is 21.7 Å². The average molecular weight is 523 g/mol. The summed E-state index contributed by atoms with van der Waals surface area (Å²) < 4.78 is 11.9. The third kappa shape index (κ3) is 6.61. The van der Waals surface area contributed by atoms with E-state index in [1.165, 1.54) is 11.3 Å². The number of fused-ring (bicyclic) bond motifs is 1. The molecule has 4 N–H and O–H groups in total. The normalized spacial score (nSPS) is 36.8. The highest BCUT2D eigenvalue weighted by Crippen LogP contribution is 2.45. The highest BCUT2D eigenvalue weighted by molar-refractivity contribution is 7.09. The van der Waals surface area contributed by atoms with E-state index < -0.39 is 35.6 Å². The molecule has 2 aliphatic rings. The van der Waals surface area contributed by atoms with Crippen LogP contribution in [0, 0.1) is 17.3 Å². The van der Waals surface area contributed by atoms with Crippen LogP contribution in [0.1, 0.15) is 84.3 Å². The van der Waals surface area contributed by atoms with Crippen molar-refractivity contribution in [1.82, 2.24) is 4.98 Å². The minimum Gasteiger partial charge on any atom is -0.458 e. The topological polar surface area (TPSA) is 135 Å². The molecule has 8 nitrogen and oxygen atoms in total. The van der Waals surface area contributed by atoms with E-state index >= 15 is 0 Å². The largest absolute Gasteiger partial charge is 0.458 e. The lowest BCUT2D eigenvalue weighted by molar-refractivity contribution is -0.154. The summed E-state index contributed by atoms with van der Waals surface area (Å²) in [5, 5.41) is 24.5. The van der Waals surface area contributed by atoms with E-state index in [0.29, 0.717) is 13.0 Å². The lowest BCUT2D eigenvalue weighted by atomic mass is 9.73. The first kappa shape index (κ1) is 28.9. The van der Waals surface area contributed by atoms with Gasteiger partial charge in [-0.3, -0.25) is 9.59 Å². The third-order valence-electron chi connectivity index (χ3n) is 8.03. The van der Waals surface area contributed by atoms with Crippen LogP contribution in [0.25, 0.3) is 6.08 Å². The summed E-state index contributed by atoms with van der Waals surface area (Å²) in [5.41, 5.74) is 5.74. The van der Waals surface area contributed by atoms with Crippen LogP contribution in [0.2, 0.25) is 0 Å². The van der Waals surface area contributed by atoms with Crippen molar-refractivity contribution in [2.45, 2.75) is 110 Å². The van der Waals surface area contributed by atoms with Crippen molar-refractivity contribution < 1.29 is 29.3 Å². The first-order valence-corrected chi connectivity index (χ1v) is 13.8. The molecular weight excluding hydrogens is 480 g/mol. The number of esters is 1. The van der Waals surface area contributed by atoms with Crippen molar-refractivity contribution in [3.8, 4) is 0 Å². The van der Waals surface area contributed by atoms with Gasteiger partial charge in [0.1, 0.15) is 16.9 Å². The molecule has 2 fully saturated rings. The Morgan fingerprint density at radius 1 is 1.28 bits per heavy atom. The Morgan fingerprint density at radius 3 is 2.61 bits per heavy atom.